The molecule has 0 bridgehead atoms. The molecule has 0 spiro atoms. The lowest BCUT2D eigenvalue weighted by Gasteiger charge is -2.05. The number of fused-ring (bicyclic) bond motifs is 1. The predicted octanol–water partition coefficient (Wildman–Crippen LogP) is 4.43. The van der Waals surface area contributed by atoms with Gasteiger partial charge in [0.1, 0.15) is 16.2 Å². The zero-order chi connectivity index (χ0) is 13.4. The second-order valence-electron chi connectivity index (χ2n) is 4.03. The number of rotatable bonds is 2. The first-order valence-corrected chi connectivity index (χ1v) is 6.84. The second kappa shape index (κ2) is 4.87. The topological polar surface area (TPSA) is 26.5 Å². The molecule has 19 heavy (non-hydrogen) atoms. The van der Waals surface area contributed by atoms with E-state index in [1.54, 1.807) is 7.11 Å². The molecule has 96 valence electrons. The number of halogens is 2. The van der Waals surface area contributed by atoms with Crippen LogP contribution in [0, 0.1) is 0 Å². The summed E-state index contributed by atoms with van der Waals surface area (Å²) in [5, 5.41) is 0.671. The lowest BCUT2D eigenvalue weighted by atomic mass is 10.2. The molecule has 0 radical (unpaired) electrons. The van der Waals surface area contributed by atoms with Crippen molar-refractivity contribution in [2.45, 2.75) is 0 Å². The first kappa shape index (κ1) is 12.5. The van der Waals surface area contributed by atoms with E-state index in [2.05, 4.69) is 20.9 Å². The zero-order valence-electron chi connectivity index (χ0n) is 10.1. The van der Waals surface area contributed by atoms with Gasteiger partial charge in [0.15, 0.2) is 0 Å². The van der Waals surface area contributed by atoms with E-state index in [-0.39, 0.29) is 0 Å². The lowest BCUT2D eigenvalue weighted by molar-refractivity contribution is 0.412. The molecule has 2 heterocycles. The zero-order valence-corrected chi connectivity index (χ0v) is 12.4. The molecule has 0 aliphatic heterocycles. The number of nitrogens with zero attached hydrogens (tertiary/aromatic N) is 2. The van der Waals surface area contributed by atoms with Gasteiger partial charge >= 0.3 is 0 Å². The molecule has 0 unspecified atom stereocenters. The van der Waals surface area contributed by atoms with Gasteiger partial charge in [0.2, 0.25) is 0 Å². The quantitative estimate of drug-likeness (QED) is 0.692. The number of pyridine rings is 1. The van der Waals surface area contributed by atoms with Gasteiger partial charge in [-0.3, -0.25) is 4.40 Å². The van der Waals surface area contributed by atoms with Gasteiger partial charge in [0, 0.05) is 5.56 Å². The Morgan fingerprint density at radius 2 is 2.00 bits per heavy atom. The van der Waals surface area contributed by atoms with Gasteiger partial charge in [0.25, 0.3) is 0 Å². The van der Waals surface area contributed by atoms with Crippen LogP contribution in [0.1, 0.15) is 0 Å². The SMILES string of the molecule is COc1ccc2c(Br)nc(-c3ccccc3Cl)n2c1. The minimum atomic E-state index is 0.671. The van der Waals surface area contributed by atoms with Crippen LogP contribution in [-0.2, 0) is 0 Å². The summed E-state index contributed by atoms with van der Waals surface area (Å²) in [5.74, 6) is 1.55. The van der Waals surface area contributed by atoms with Crippen molar-refractivity contribution in [3.63, 3.8) is 0 Å². The van der Waals surface area contributed by atoms with Crippen LogP contribution in [0.15, 0.2) is 47.2 Å². The van der Waals surface area contributed by atoms with Crippen LogP contribution in [0.5, 0.6) is 5.75 Å². The first-order valence-electron chi connectivity index (χ1n) is 5.67. The summed E-state index contributed by atoms with van der Waals surface area (Å²) in [7, 11) is 1.64. The fraction of sp³-hybridized carbons (Fsp3) is 0.0714. The van der Waals surface area contributed by atoms with E-state index in [4.69, 9.17) is 16.3 Å². The van der Waals surface area contributed by atoms with Crippen molar-refractivity contribution in [1.29, 1.82) is 0 Å². The molecular weight excluding hydrogens is 328 g/mol. The summed E-state index contributed by atoms with van der Waals surface area (Å²) in [6.45, 7) is 0. The third-order valence-corrected chi connectivity index (χ3v) is 3.83. The van der Waals surface area contributed by atoms with Gasteiger partial charge < -0.3 is 4.74 Å². The highest BCUT2D eigenvalue weighted by Gasteiger charge is 2.13. The fourth-order valence-corrected chi connectivity index (χ4v) is 2.69. The summed E-state index contributed by atoms with van der Waals surface area (Å²) in [5.41, 5.74) is 1.86. The van der Waals surface area contributed by atoms with E-state index in [0.717, 1.165) is 27.3 Å². The predicted molar refractivity (Wildman–Crippen MR) is 79.9 cm³/mol. The van der Waals surface area contributed by atoms with E-state index in [1.807, 2.05) is 47.0 Å². The van der Waals surface area contributed by atoms with Crippen molar-refractivity contribution in [3.8, 4) is 17.1 Å². The molecule has 0 aliphatic rings. The Hall–Kier alpha value is -1.52. The fourth-order valence-electron chi connectivity index (χ4n) is 1.98. The van der Waals surface area contributed by atoms with Crippen molar-refractivity contribution in [2.24, 2.45) is 0 Å². The third-order valence-electron chi connectivity index (χ3n) is 2.92. The molecule has 0 fully saturated rings. The molecule has 5 heteroatoms. The average molecular weight is 338 g/mol. The molecule has 1 aromatic carbocycles. The van der Waals surface area contributed by atoms with Gasteiger partial charge in [-0.15, -0.1) is 0 Å². The molecule has 0 N–H and O–H groups in total. The standard InChI is InChI=1S/C14H10BrClN2O/c1-19-9-6-7-12-13(15)17-14(18(12)8-9)10-4-2-3-5-11(10)16/h2-8H,1H3. The van der Waals surface area contributed by atoms with E-state index in [0.29, 0.717) is 5.02 Å². The smallest absolute Gasteiger partial charge is 0.147 e. The van der Waals surface area contributed by atoms with Crippen molar-refractivity contribution in [2.75, 3.05) is 7.11 Å². The molecule has 3 nitrogen and oxygen atoms in total. The van der Waals surface area contributed by atoms with E-state index >= 15 is 0 Å². The average Bonchev–Trinajstić information content (AvgIpc) is 2.76. The Morgan fingerprint density at radius 1 is 1.21 bits per heavy atom. The second-order valence-corrected chi connectivity index (χ2v) is 5.19. The van der Waals surface area contributed by atoms with Gasteiger partial charge in [-0.1, -0.05) is 23.7 Å². The number of benzene rings is 1. The van der Waals surface area contributed by atoms with Gasteiger partial charge in [0.05, 0.1) is 23.8 Å². The monoisotopic (exact) mass is 336 g/mol. The van der Waals surface area contributed by atoms with Crippen LogP contribution in [-0.4, -0.2) is 16.5 Å². The highest BCUT2D eigenvalue weighted by molar-refractivity contribution is 9.10. The maximum absolute atomic E-state index is 6.24. The molecule has 0 aliphatic carbocycles. The van der Waals surface area contributed by atoms with Crippen molar-refractivity contribution < 1.29 is 4.74 Å². The number of aromatic nitrogens is 2. The third kappa shape index (κ3) is 2.11. The number of methoxy groups -OCH3 is 1. The van der Waals surface area contributed by atoms with Gasteiger partial charge in [-0.25, -0.2) is 4.98 Å². The van der Waals surface area contributed by atoms with Crippen molar-refractivity contribution in [3.05, 3.63) is 52.2 Å². The van der Waals surface area contributed by atoms with E-state index in [1.165, 1.54) is 0 Å². The van der Waals surface area contributed by atoms with Gasteiger partial charge in [-0.2, -0.15) is 0 Å². The maximum Gasteiger partial charge on any atom is 0.147 e. The van der Waals surface area contributed by atoms with Crippen molar-refractivity contribution in [1.82, 2.24) is 9.38 Å². The Labute approximate surface area is 123 Å². The highest BCUT2D eigenvalue weighted by atomic mass is 79.9. The van der Waals surface area contributed by atoms with Crippen LogP contribution < -0.4 is 4.74 Å². The molecule has 0 saturated heterocycles. The molecule has 3 aromatic rings. The van der Waals surface area contributed by atoms with Gasteiger partial charge in [-0.05, 0) is 40.2 Å². The van der Waals surface area contributed by atoms with Crippen LogP contribution in [0.2, 0.25) is 5.02 Å². The Bertz CT molecular complexity index is 754. The molecule has 3 rings (SSSR count). The molecule has 0 atom stereocenters. The molecular formula is C14H10BrClN2O. The first-order chi connectivity index (χ1) is 9.20. The summed E-state index contributed by atoms with van der Waals surface area (Å²) >= 11 is 9.71. The summed E-state index contributed by atoms with van der Waals surface area (Å²) in [4.78, 5) is 4.54. The molecule has 2 aromatic heterocycles. The molecule has 0 amide bonds. The number of ether oxygens (including phenoxy) is 1. The number of hydrogen-bond donors (Lipinski definition) is 0. The van der Waals surface area contributed by atoms with Crippen LogP contribution >= 0.6 is 27.5 Å². The normalized spacial score (nSPS) is 10.9. The lowest BCUT2D eigenvalue weighted by Crippen LogP contribution is -1.92. The van der Waals surface area contributed by atoms with E-state index in [9.17, 15) is 0 Å². The largest absolute Gasteiger partial charge is 0.495 e. The summed E-state index contributed by atoms with van der Waals surface area (Å²) < 4.78 is 8.00. The Kier molecular flexibility index (Phi) is 3.21. The number of hydrogen-bond acceptors (Lipinski definition) is 2. The van der Waals surface area contributed by atoms with Crippen LogP contribution in [0.3, 0.4) is 0 Å². The highest BCUT2D eigenvalue weighted by Crippen LogP contribution is 2.31. The number of imidazole rings is 1. The van der Waals surface area contributed by atoms with Crippen LogP contribution in [0.4, 0.5) is 0 Å². The van der Waals surface area contributed by atoms with Crippen molar-refractivity contribution >= 4 is 33.0 Å². The Balaban J connectivity index is 2.32. The summed E-state index contributed by atoms with van der Waals surface area (Å²) in [6, 6.07) is 11.5. The molecule has 0 saturated carbocycles. The van der Waals surface area contributed by atoms with Crippen LogP contribution in [0.25, 0.3) is 16.9 Å². The maximum atomic E-state index is 6.24. The summed E-state index contributed by atoms with van der Waals surface area (Å²) in [6.07, 6.45) is 1.89. The minimum absolute atomic E-state index is 0.671. The van der Waals surface area contributed by atoms with E-state index < -0.39 is 0 Å². The minimum Gasteiger partial charge on any atom is -0.495 e. The Morgan fingerprint density at radius 3 is 2.74 bits per heavy atom.